The van der Waals surface area contributed by atoms with E-state index in [0.29, 0.717) is 38.0 Å². The fourth-order valence-corrected chi connectivity index (χ4v) is 4.02. The number of carboxylic acid groups (broad SMARTS) is 1. The molecular formula is C25H41N5O5S. The molecule has 1 aromatic carbocycles. The van der Waals surface area contributed by atoms with Crippen LogP contribution in [-0.4, -0.2) is 71.5 Å². The Morgan fingerprint density at radius 1 is 0.917 bits per heavy atom. The lowest BCUT2D eigenvalue weighted by Crippen LogP contribution is -2.58. The van der Waals surface area contributed by atoms with Gasteiger partial charge >= 0.3 is 5.97 Å². The molecule has 0 spiro atoms. The summed E-state index contributed by atoms with van der Waals surface area (Å²) < 4.78 is 0. The predicted octanol–water partition coefficient (Wildman–Crippen LogP) is 0.634. The number of nitrogens with two attached hydrogens (primary N) is 2. The van der Waals surface area contributed by atoms with E-state index in [1.807, 2.05) is 36.6 Å². The highest BCUT2D eigenvalue weighted by molar-refractivity contribution is 7.98. The maximum absolute atomic E-state index is 13.1. The molecule has 3 amide bonds. The first kappa shape index (κ1) is 31.4. The largest absolute Gasteiger partial charge is 0.480 e. The number of amides is 3. The Hall–Kier alpha value is -2.63. The summed E-state index contributed by atoms with van der Waals surface area (Å²) in [6.45, 7) is 3.99. The molecule has 11 heteroatoms. The lowest BCUT2D eigenvalue weighted by atomic mass is 10.0. The van der Waals surface area contributed by atoms with E-state index in [0.717, 1.165) is 5.56 Å². The third-order valence-corrected chi connectivity index (χ3v) is 6.33. The fourth-order valence-electron chi connectivity index (χ4n) is 3.54. The van der Waals surface area contributed by atoms with Crippen molar-refractivity contribution in [1.82, 2.24) is 16.0 Å². The Morgan fingerprint density at radius 2 is 1.56 bits per heavy atom. The number of carboxylic acids is 1. The Balaban J connectivity index is 2.87. The molecule has 0 bridgehead atoms. The van der Waals surface area contributed by atoms with Crippen LogP contribution in [-0.2, 0) is 25.6 Å². The number of nitrogens with one attached hydrogen (secondary N) is 3. The topological polar surface area (TPSA) is 177 Å². The minimum atomic E-state index is -1.14. The van der Waals surface area contributed by atoms with Crippen LogP contribution in [0.4, 0.5) is 0 Å². The van der Waals surface area contributed by atoms with E-state index in [1.54, 1.807) is 13.8 Å². The maximum Gasteiger partial charge on any atom is 0.326 e. The number of carbonyl (C=O) groups excluding carboxylic acids is 3. The summed E-state index contributed by atoms with van der Waals surface area (Å²) in [7, 11) is 0. The molecule has 0 fully saturated rings. The van der Waals surface area contributed by atoms with Crippen molar-refractivity contribution in [2.24, 2.45) is 17.4 Å². The normalized spacial score (nSPS) is 14.4. The average Bonchev–Trinajstić information content (AvgIpc) is 2.84. The van der Waals surface area contributed by atoms with Crippen LogP contribution in [0.25, 0.3) is 0 Å². The number of thioether (sulfide) groups is 1. The summed E-state index contributed by atoms with van der Waals surface area (Å²) >= 11 is 1.50. The lowest BCUT2D eigenvalue weighted by molar-refractivity contribution is -0.142. The number of unbranched alkanes of at least 4 members (excludes halogenated alkanes) is 1. The van der Waals surface area contributed by atoms with Crippen LogP contribution < -0.4 is 27.4 Å². The number of hydrogen-bond donors (Lipinski definition) is 6. The molecule has 36 heavy (non-hydrogen) atoms. The predicted molar refractivity (Wildman–Crippen MR) is 142 cm³/mol. The van der Waals surface area contributed by atoms with Gasteiger partial charge in [0.1, 0.15) is 18.1 Å². The van der Waals surface area contributed by atoms with Gasteiger partial charge in [-0.1, -0.05) is 44.2 Å². The smallest absolute Gasteiger partial charge is 0.326 e. The van der Waals surface area contributed by atoms with Crippen molar-refractivity contribution in [2.75, 3.05) is 18.6 Å². The van der Waals surface area contributed by atoms with E-state index < -0.39 is 47.9 Å². The van der Waals surface area contributed by atoms with Gasteiger partial charge in [0.15, 0.2) is 0 Å². The number of rotatable bonds is 17. The summed E-state index contributed by atoms with van der Waals surface area (Å²) in [5, 5.41) is 17.4. The Bertz CT molecular complexity index is 839. The molecule has 4 unspecified atom stereocenters. The van der Waals surface area contributed by atoms with Gasteiger partial charge in [0, 0.05) is 0 Å². The molecule has 0 radical (unpaired) electrons. The van der Waals surface area contributed by atoms with Gasteiger partial charge in [-0.15, -0.1) is 0 Å². The lowest BCUT2D eigenvalue weighted by Gasteiger charge is -2.27. The fraction of sp³-hybridized carbons (Fsp3) is 0.600. The summed E-state index contributed by atoms with van der Waals surface area (Å²) in [4.78, 5) is 50.4. The van der Waals surface area contributed by atoms with Crippen LogP contribution in [0.2, 0.25) is 0 Å². The average molecular weight is 524 g/mol. The molecule has 202 valence electrons. The number of hydrogen-bond acceptors (Lipinski definition) is 7. The Labute approximate surface area is 217 Å². The molecule has 0 saturated heterocycles. The van der Waals surface area contributed by atoms with Crippen molar-refractivity contribution in [1.29, 1.82) is 0 Å². The standard InChI is InChI=1S/C25H41N5O5S/c1-16(2)21(30-22(31)18(27)15-17-9-5-4-6-10-17)24(33)28-19(12-14-36-3)23(32)29-20(25(34)35)11-7-8-13-26/h4-6,9-10,16,18-21H,7-8,11-15,26-27H2,1-3H3,(H,28,33)(H,29,32)(H,30,31)(H,34,35). The second-order valence-electron chi connectivity index (χ2n) is 9.05. The van der Waals surface area contributed by atoms with E-state index >= 15 is 0 Å². The van der Waals surface area contributed by atoms with Crippen molar-refractivity contribution in [3.63, 3.8) is 0 Å². The van der Waals surface area contributed by atoms with Crippen LogP contribution in [0.5, 0.6) is 0 Å². The zero-order chi connectivity index (χ0) is 27.1. The minimum absolute atomic E-state index is 0.242. The SMILES string of the molecule is CSCCC(NC(=O)C(NC(=O)C(N)Cc1ccccc1)C(C)C)C(=O)NC(CCCCN)C(=O)O. The molecule has 1 aromatic rings. The van der Waals surface area contributed by atoms with Gasteiger partial charge < -0.3 is 32.5 Å². The monoisotopic (exact) mass is 523 g/mol. The second-order valence-corrected chi connectivity index (χ2v) is 10.0. The van der Waals surface area contributed by atoms with Crippen molar-refractivity contribution in [3.8, 4) is 0 Å². The molecule has 0 aliphatic rings. The maximum atomic E-state index is 13.1. The first-order chi connectivity index (χ1) is 17.1. The second kappa shape index (κ2) is 16.9. The van der Waals surface area contributed by atoms with Crippen molar-refractivity contribution >= 4 is 35.5 Å². The van der Waals surface area contributed by atoms with Crippen molar-refractivity contribution in [3.05, 3.63) is 35.9 Å². The van der Waals surface area contributed by atoms with Crippen LogP contribution >= 0.6 is 11.8 Å². The summed E-state index contributed by atoms with van der Waals surface area (Å²) in [6, 6.07) is 5.55. The molecule has 0 aromatic heterocycles. The Morgan fingerprint density at radius 3 is 2.11 bits per heavy atom. The van der Waals surface area contributed by atoms with Gasteiger partial charge in [0.2, 0.25) is 17.7 Å². The zero-order valence-corrected chi connectivity index (χ0v) is 22.2. The highest BCUT2D eigenvalue weighted by Gasteiger charge is 2.31. The van der Waals surface area contributed by atoms with Crippen LogP contribution in [0, 0.1) is 5.92 Å². The van der Waals surface area contributed by atoms with Gasteiger partial charge in [-0.25, -0.2) is 4.79 Å². The molecule has 1 rings (SSSR count). The Kier molecular flexibility index (Phi) is 14.8. The zero-order valence-electron chi connectivity index (χ0n) is 21.4. The van der Waals surface area contributed by atoms with E-state index in [2.05, 4.69) is 16.0 Å². The first-order valence-corrected chi connectivity index (χ1v) is 13.6. The number of benzene rings is 1. The highest BCUT2D eigenvalue weighted by atomic mass is 32.2. The summed E-state index contributed by atoms with van der Waals surface area (Å²) in [5.41, 5.74) is 12.4. The molecular weight excluding hydrogens is 482 g/mol. The van der Waals surface area contributed by atoms with Gasteiger partial charge in [-0.3, -0.25) is 14.4 Å². The van der Waals surface area contributed by atoms with Crippen LogP contribution in [0.1, 0.15) is 45.1 Å². The number of aliphatic carboxylic acids is 1. The van der Waals surface area contributed by atoms with Gasteiger partial charge in [-0.2, -0.15) is 11.8 Å². The molecule has 10 nitrogen and oxygen atoms in total. The van der Waals surface area contributed by atoms with E-state index in [9.17, 15) is 24.3 Å². The third kappa shape index (κ3) is 11.4. The van der Waals surface area contributed by atoms with Gasteiger partial charge in [0.25, 0.3) is 0 Å². The molecule has 0 aliphatic heterocycles. The summed E-state index contributed by atoms with van der Waals surface area (Å²) in [5.74, 6) is -2.42. The molecule has 0 heterocycles. The van der Waals surface area contributed by atoms with Crippen LogP contribution in [0.15, 0.2) is 30.3 Å². The van der Waals surface area contributed by atoms with Crippen LogP contribution in [0.3, 0.4) is 0 Å². The van der Waals surface area contributed by atoms with Crippen molar-refractivity contribution in [2.45, 2.75) is 70.1 Å². The molecule has 8 N–H and O–H groups in total. The summed E-state index contributed by atoms with van der Waals surface area (Å²) in [6.07, 6.45) is 3.94. The molecule has 0 saturated carbocycles. The molecule has 4 atom stereocenters. The minimum Gasteiger partial charge on any atom is -0.480 e. The number of carbonyl (C=O) groups is 4. The first-order valence-electron chi connectivity index (χ1n) is 12.2. The van der Waals surface area contributed by atoms with Crippen molar-refractivity contribution < 1.29 is 24.3 Å². The van der Waals surface area contributed by atoms with E-state index in [-0.39, 0.29) is 12.3 Å². The quantitative estimate of drug-likeness (QED) is 0.161. The third-order valence-electron chi connectivity index (χ3n) is 5.69. The van der Waals surface area contributed by atoms with Gasteiger partial charge in [-0.05, 0) is 62.1 Å². The van der Waals surface area contributed by atoms with Gasteiger partial charge in [0.05, 0.1) is 6.04 Å². The highest BCUT2D eigenvalue weighted by Crippen LogP contribution is 2.09. The van der Waals surface area contributed by atoms with E-state index in [1.165, 1.54) is 11.8 Å². The van der Waals surface area contributed by atoms with E-state index in [4.69, 9.17) is 11.5 Å². The molecule has 0 aliphatic carbocycles.